The molecule has 3 rings (SSSR count). The van der Waals surface area contributed by atoms with Crippen LogP contribution < -0.4 is 5.32 Å². The molecular formula is C20H19N3OS2. The van der Waals surface area contributed by atoms with Crippen molar-refractivity contribution in [2.24, 2.45) is 0 Å². The fourth-order valence-corrected chi connectivity index (χ4v) is 3.94. The molecular weight excluding hydrogens is 362 g/mol. The highest BCUT2D eigenvalue weighted by atomic mass is 32.2. The largest absolute Gasteiger partial charge is 0.322 e. The summed E-state index contributed by atoms with van der Waals surface area (Å²) in [6, 6.07) is 17.3. The van der Waals surface area contributed by atoms with Gasteiger partial charge in [-0.2, -0.15) is 0 Å². The van der Waals surface area contributed by atoms with Crippen LogP contribution in [0.3, 0.4) is 0 Å². The van der Waals surface area contributed by atoms with Gasteiger partial charge in [-0.25, -0.2) is 9.97 Å². The van der Waals surface area contributed by atoms with Gasteiger partial charge >= 0.3 is 0 Å². The van der Waals surface area contributed by atoms with Gasteiger partial charge in [0.15, 0.2) is 5.16 Å². The zero-order valence-electron chi connectivity index (χ0n) is 14.8. The highest BCUT2D eigenvalue weighted by Gasteiger charge is 2.10. The summed E-state index contributed by atoms with van der Waals surface area (Å²) in [6.45, 7) is 3.92. The second-order valence-corrected chi connectivity index (χ2v) is 7.60. The Morgan fingerprint density at radius 3 is 2.27 bits per heavy atom. The summed E-state index contributed by atoms with van der Waals surface area (Å²) in [5.74, 6) is -0.104. The molecule has 6 heteroatoms. The van der Waals surface area contributed by atoms with E-state index in [2.05, 4.69) is 15.3 Å². The molecule has 132 valence electrons. The molecule has 2 aromatic carbocycles. The zero-order chi connectivity index (χ0) is 18.5. The van der Waals surface area contributed by atoms with Crippen LogP contribution >= 0.6 is 23.5 Å². The van der Waals surface area contributed by atoms with Gasteiger partial charge < -0.3 is 5.32 Å². The van der Waals surface area contributed by atoms with Crippen LogP contribution in [0.4, 0.5) is 5.69 Å². The first kappa shape index (κ1) is 18.5. The Morgan fingerprint density at radius 1 is 0.962 bits per heavy atom. The number of hydrogen-bond acceptors (Lipinski definition) is 5. The van der Waals surface area contributed by atoms with Crippen LogP contribution in [0.5, 0.6) is 0 Å². The van der Waals surface area contributed by atoms with Crippen LogP contribution in [-0.2, 0) is 0 Å². The number of nitrogens with one attached hydrogen (secondary N) is 1. The van der Waals surface area contributed by atoms with Crippen LogP contribution in [0.2, 0.25) is 0 Å². The maximum atomic E-state index is 12.5. The van der Waals surface area contributed by atoms with Gasteiger partial charge in [-0.05, 0) is 74.3 Å². The molecule has 3 aromatic rings. The van der Waals surface area contributed by atoms with Crippen LogP contribution in [0.1, 0.15) is 21.7 Å². The van der Waals surface area contributed by atoms with Gasteiger partial charge in [-0.15, -0.1) is 11.8 Å². The van der Waals surface area contributed by atoms with Crippen molar-refractivity contribution in [1.82, 2.24) is 9.97 Å². The number of carbonyl (C=O) groups excluding carboxylic acids is 1. The lowest BCUT2D eigenvalue weighted by Gasteiger charge is -2.09. The van der Waals surface area contributed by atoms with Crippen molar-refractivity contribution in [3.05, 3.63) is 71.5 Å². The average molecular weight is 382 g/mol. The fraction of sp³-hybridized carbons (Fsp3) is 0.150. The molecule has 1 amide bonds. The third-order valence-corrected chi connectivity index (χ3v) is 5.30. The van der Waals surface area contributed by atoms with Gasteiger partial charge in [0.2, 0.25) is 0 Å². The van der Waals surface area contributed by atoms with E-state index in [0.29, 0.717) is 5.56 Å². The van der Waals surface area contributed by atoms with Crippen LogP contribution in [0.25, 0.3) is 0 Å². The Bertz CT molecular complexity index is 906. The number of hydrogen-bond donors (Lipinski definition) is 1. The number of carbonyl (C=O) groups is 1. The Hall–Kier alpha value is -2.31. The molecule has 1 N–H and O–H groups in total. The van der Waals surface area contributed by atoms with E-state index in [1.54, 1.807) is 11.8 Å². The smallest absolute Gasteiger partial charge is 0.256 e. The molecule has 0 aliphatic rings. The number of benzene rings is 2. The molecule has 0 aliphatic carbocycles. The molecule has 1 heterocycles. The average Bonchev–Trinajstić information content (AvgIpc) is 2.62. The lowest BCUT2D eigenvalue weighted by molar-refractivity contribution is 0.102. The van der Waals surface area contributed by atoms with E-state index in [1.807, 2.05) is 74.7 Å². The lowest BCUT2D eigenvalue weighted by atomic mass is 10.2. The Labute approximate surface area is 161 Å². The second-order valence-electron chi connectivity index (χ2n) is 5.71. The van der Waals surface area contributed by atoms with Crippen molar-refractivity contribution >= 4 is 35.1 Å². The summed E-state index contributed by atoms with van der Waals surface area (Å²) in [5.41, 5.74) is 3.35. The van der Waals surface area contributed by atoms with E-state index >= 15 is 0 Å². The summed E-state index contributed by atoms with van der Waals surface area (Å²) < 4.78 is 0. The predicted octanol–water partition coefficient (Wildman–Crippen LogP) is 5.22. The quantitative estimate of drug-likeness (QED) is 0.485. The molecule has 0 saturated heterocycles. The Balaban J connectivity index is 1.70. The highest BCUT2D eigenvalue weighted by Crippen LogP contribution is 2.27. The summed E-state index contributed by atoms with van der Waals surface area (Å²) in [4.78, 5) is 23.4. The maximum Gasteiger partial charge on any atom is 0.256 e. The van der Waals surface area contributed by atoms with Crippen molar-refractivity contribution in [2.45, 2.75) is 28.8 Å². The lowest BCUT2D eigenvalue weighted by Crippen LogP contribution is -2.12. The van der Waals surface area contributed by atoms with Gasteiger partial charge in [0.05, 0.1) is 5.56 Å². The second kappa shape index (κ2) is 8.38. The van der Waals surface area contributed by atoms with Crippen molar-refractivity contribution in [1.29, 1.82) is 0 Å². The molecule has 0 aliphatic heterocycles. The molecule has 0 spiro atoms. The monoisotopic (exact) mass is 381 g/mol. The van der Waals surface area contributed by atoms with Crippen molar-refractivity contribution in [3.63, 3.8) is 0 Å². The summed E-state index contributed by atoms with van der Waals surface area (Å²) in [6.07, 6.45) is 1.97. The Kier molecular flexibility index (Phi) is 5.96. The predicted molar refractivity (Wildman–Crippen MR) is 108 cm³/mol. The number of aryl methyl sites for hydroxylation is 2. The van der Waals surface area contributed by atoms with E-state index in [1.165, 1.54) is 11.8 Å². The summed E-state index contributed by atoms with van der Waals surface area (Å²) >= 11 is 3.07. The van der Waals surface area contributed by atoms with E-state index in [-0.39, 0.29) is 5.91 Å². The van der Waals surface area contributed by atoms with E-state index in [0.717, 1.165) is 32.0 Å². The Morgan fingerprint density at radius 2 is 1.62 bits per heavy atom. The van der Waals surface area contributed by atoms with Crippen LogP contribution in [0.15, 0.2) is 69.5 Å². The molecule has 1 aromatic heterocycles. The SMILES string of the molecule is CSc1ccccc1C(=O)Nc1ccc(Sc2nc(C)cc(C)n2)cc1. The maximum absolute atomic E-state index is 12.5. The van der Waals surface area contributed by atoms with Crippen LogP contribution in [-0.4, -0.2) is 22.1 Å². The number of rotatable bonds is 5. The zero-order valence-corrected chi connectivity index (χ0v) is 16.4. The van der Waals surface area contributed by atoms with Gasteiger partial charge in [0.25, 0.3) is 5.91 Å². The van der Waals surface area contributed by atoms with Crippen molar-refractivity contribution in [2.75, 3.05) is 11.6 Å². The van der Waals surface area contributed by atoms with E-state index < -0.39 is 0 Å². The minimum atomic E-state index is -0.104. The first-order valence-corrected chi connectivity index (χ1v) is 10.1. The third kappa shape index (κ3) is 4.65. The topological polar surface area (TPSA) is 54.9 Å². The van der Waals surface area contributed by atoms with Gasteiger partial charge in [0.1, 0.15) is 0 Å². The van der Waals surface area contributed by atoms with Gasteiger partial charge in [-0.3, -0.25) is 4.79 Å². The first-order valence-electron chi connectivity index (χ1n) is 8.10. The summed E-state index contributed by atoms with van der Waals surface area (Å²) in [5, 5.41) is 3.68. The molecule has 0 bridgehead atoms. The van der Waals surface area contributed by atoms with Crippen molar-refractivity contribution in [3.8, 4) is 0 Å². The number of thioether (sulfide) groups is 1. The van der Waals surface area contributed by atoms with Crippen LogP contribution in [0, 0.1) is 13.8 Å². The molecule has 0 unspecified atom stereocenters. The molecule has 4 nitrogen and oxygen atoms in total. The molecule has 0 radical (unpaired) electrons. The standard InChI is InChI=1S/C20H19N3OS2/c1-13-12-14(2)22-20(21-13)26-16-10-8-15(9-11-16)23-19(24)17-6-4-5-7-18(17)25-3/h4-12H,1-3H3,(H,23,24). The number of anilines is 1. The van der Waals surface area contributed by atoms with Gasteiger partial charge in [-0.1, -0.05) is 12.1 Å². The minimum Gasteiger partial charge on any atom is -0.322 e. The normalized spacial score (nSPS) is 10.6. The van der Waals surface area contributed by atoms with E-state index in [4.69, 9.17) is 0 Å². The minimum absolute atomic E-state index is 0.104. The molecule has 0 saturated carbocycles. The van der Waals surface area contributed by atoms with E-state index in [9.17, 15) is 4.79 Å². The highest BCUT2D eigenvalue weighted by molar-refractivity contribution is 7.99. The molecule has 26 heavy (non-hydrogen) atoms. The first-order chi connectivity index (χ1) is 12.5. The number of amides is 1. The molecule has 0 fully saturated rings. The summed E-state index contributed by atoms with van der Waals surface area (Å²) in [7, 11) is 0. The number of nitrogens with zero attached hydrogens (tertiary/aromatic N) is 2. The van der Waals surface area contributed by atoms with Gasteiger partial charge in [0, 0.05) is 26.9 Å². The fourth-order valence-electron chi connectivity index (χ4n) is 2.48. The number of aromatic nitrogens is 2. The third-order valence-electron chi connectivity index (χ3n) is 3.63. The van der Waals surface area contributed by atoms with Crippen molar-refractivity contribution < 1.29 is 4.79 Å². The molecule has 0 atom stereocenters.